The third-order valence-corrected chi connectivity index (χ3v) is 4.39. The van der Waals surface area contributed by atoms with E-state index in [0.717, 1.165) is 16.7 Å². The molecule has 1 aliphatic heterocycles. The van der Waals surface area contributed by atoms with E-state index in [1.165, 1.54) is 13.8 Å². The maximum Gasteiger partial charge on any atom is 0.325 e. The highest BCUT2D eigenvalue weighted by molar-refractivity contribution is 8.02. The molecule has 2 rings (SSSR count). The monoisotopic (exact) mass is 294 g/mol. The van der Waals surface area contributed by atoms with Crippen LogP contribution in [0.1, 0.15) is 13.8 Å². The molecule has 1 aromatic carbocycles. The first-order chi connectivity index (χ1) is 9.34. The molecule has 3 N–H and O–H groups in total. The van der Waals surface area contributed by atoms with Crippen LogP contribution < -0.4 is 10.6 Å². The van der Waals surface area contributed by atoms with Crippen molar-refractivity contribution < 1.29 is 19.5 Å². The van der Waals surface area contributed by atoms with Crippen molar-refractivity contribution in [3.05, 3.63) is 24.3 Å². The fraction of sp³-hybridized carbons (Fsp3) is 0.308. The largest absolute Gasteiger partial charge is 0.480 e. The molecule has 2 atom stereocenters. The van der Waals surface area contributed by atoms with Gasteiger partial charge in [0.1, 0.15) is 6.04 Å². The minimum absolute atomic E-state index is 0.462. The van der Waals surface area contributed by atoms with Gasteiger partial charge in [-0.3, -0.25) is 14.4 Å². The smallest absolute Gasteiger partial charge is 0.325 e. The zero-order valence-corrected chi connectivity index (χ0v) is 11.8. The summed E-state index contributed by atoms with van der Waals surface area (Å²) in [6.07, 6.45) is 0. The minimum atomic E-state index is -1.39. The summed E-state index contributed by atoms with van der Waals surface area (Å²) in [6, 6.07) is 6.09. The number of thioether (sulfide) groups is 1. The van der Waals surface area contributed by atoms with E-state index in [1.807, 2.05) is 6.07 Å². The van der Waals surface area contributed by atoms with Gasteiger partial charge in [-0.1, -0.05) is 23.9 Å². The van der Waals surface area contributed by atoms with Crippen LogP contribution in [0.25, 0.3) is 0 Å². The fourth-order valence-electron chi connectivity index (χ4n) is 1.71. The summed E-state index contributed by atoms with van der Waals surface area (Å²) < 4.78 is -1.39. The second-order valence-electron chi connectivity index (χ2n) is 4.62. The van der Waals surface area contributed by atoms with Gasteiger partial charge in [0, 0.05) is 4.90 Å². The van der Waals surface area contributed by atoms with Crippen molar-refractivity contribution in [2.45, 2.75) is 29.5 Å². The lowest BCUT2D eigenvalue weighted by Gasteiger charge is -2.32. The molecule has 7 heteroatoms. The lowest BCUT2D eigenvalue weighted by Crippen LogP contribution is -2.55. The predicted molar refractivity (Wildman–Crippen MR) is 74.6 cm³/mol. The Kier molecular flexibility index (Phi) is 3.71. The van der Waals surface area contributed by atoms with Gasteiger partial charge in [-0.05, 0) is 26.0 Å². The molecule has 0 saturated carbocycles. The van der Waals surface area contributed by atoms with Crippen molar-refractivity contribution in [3.63, 3.8) is 0 Å². The van der Waals surface area contributed by atoms with Crippen LogP contribution in [0.5, 0.6) is 0 Å². The van der Waals surface area contributed by atoms with Crippen molar-refractivity contribution >= 4 is 35.2 Å². The van der Waals surface area contributed by atoms with E-state index in [9.17, 15) is 14.4 Å². The van der Waals surface area contributed by atoms with Gasteiger partial charge in [-0.25, -0.2) is 0 Å². The number of carboxylic acid groups (broad SMARTS) is 1. The topological polar surface area (TPSA) is 95.5 Å². The van der Waals surface area contributed by atoms with Crippen molar-refractivity contribution in [1.82, 2.24) is 5.32 Å². The molecule has 106 valence electrons. The third-order valence-electron chi connectivity index (χ3n) is 3.03. The van der Waals surface area contributed by atoms with Crippen LogP contribution in [0.2, 0.25) is 0 Å². The van der Waals surface area contributed by atoms with Crippen molar-refractivity contribution in [3.8, 4) is 0 Å². The van der Waals surface area contributed by atoms with Crippen LogP contribution in [0.15, 0.2) is 29.2 Å². The maximum atomic E-state index is 12.2. The summed E-state index contributed by atoms with van der Waals surface area (Å²) in [4.78, 5) is 35.9. The van der Waals surface area contributed by atoms with Crippen LogP contribution in [0.4, 0.5) is 5.69 Å². The van der Waals surface area contributed by atoms with Crippen LogP contribution in [-0.2, 0) is 14.4 Å². The molecule has 0 fully saturated rings. The Balaban J connectivity index is 2.25. The van der Waals surface area contributed by atoms with Gasteiger partial charge >= 0.3 is 5.97 Å². The summed E-state index contributed by atoms with van der Waals surface area (Å²) in [7, 11) is 0. The third kappa shape index (κ3) is 2.49. The van der Waals surface area contributed by atoms with E-state index >= 15 is 0 Å². The number of carbonyl (C=O) groups is 3. The number of hydrogen-bond acceptors (Lipinski definition) is 4. The van der Waals surface area contributed by atoms with Crippen LogP contribution in [0.3, 0.4) is 0 Å². The van der Waals surface area contributed by atoms with E-state index in [4.69, 9.17) is 5.11 Å². The van der Waals surface area contributed by atoms with Gasteiger partial charge in [0.2, 0.25) is 11.8 Å². The van der Waals surface area contributed by atoms with Gasteiger partial charge in [-0.15, -0.1) is 0 Å². The highest BCUT2D eigenvalue weighted by Crippen LogP contribution is 2.42. The minimum Gasteiger partial charge on any atom is -0.480 e. The number of rotatable bonds is 3. The highest BCUT2D eigenvalue weighted by atomic mass is 32.2. The summed E-state index contributed by atoms with van der Waals surface area (Å²) in [5, 5.41) is 13.8. The fourth-order valence-corrected chi connectivity index (χ4v) is 2.82. The molecule has 0 saturated heterocycles. The average molecular weight is 294 g/mol. The van der Waals surface area contributed by atoms with Gasteiger partial charge in [0.15, 0.2) is 4.75 Å². The number of anilines is 1. The average Bonchev–Trinajstić information content (AvgIpc) is 2.39. The lowest BCUT2D eigenvalue weighted by molar-refractivity contribution is -0.142. The molecular formula is C13H14N2O4S. The molecule has 0 spiro atoms. The van der Waals surface area contributed by atoms with E-state index in [1.54, 1.807) is 18.2 Å². The van der Waals surface area contributed by atoms with E-state index in [2.05, 4.69) is 10.6 Å². The normalized spacial score (nSPS) is 22.4. The van der Waals surface area contributed by atoms with E-state index < -0.39 is 28.6 Å². The lowest BCUT2D eigenvalue weighted by atomic mass is 10.1. The standard InChI is InChI=1S/C13H14N2O4S/c1-7(10(16)17)14-11(18)13(2)12(19)15-8-5-3-4-6-9(8)20-13/h3-7H,1-2H3,(H,14,18)(H,15,19)(H,16,17). The molecule has 1 aromatic rings. The van der Waals surface area contributed by atoms with Crippen molar-refractivity contribution in [2.24, 2.45) is 0 Å². The van der Waals surface area contributed by atoms with Crippen molar-refractivity contribution in [2.75, 3.05) is 5.32 Å². The summed E-state index contributed by atoms with van der Waals surface area (Å²) in [6.45, 7) is 2.83. The van der Waals surface area contributed by atoms with Crippen LogP contribution in [0, 0.1) is 0 Å². The number of carboxylic acids is 1. The Bertz CT molecular complexity index is 589. The summed E-state index contributed by atoms with van der Waals surface area (Å²) >= 11 is 1.11. The van der Waals surface area contributed by atoms with Crippen LogP contribution in [-0.4, -0.2) is 33.7 Å². The first-order valence-electron chi connectivity index (χ1n) is 5.98. The van der Waals surface area contributed by atoms with E-state index in [-0.39, 0.29) is 0 Å². The Labute approximate surface area is 119 Å². The van der Waals surface area contributed by atoms with Gasteiger partial charge in [-0.2, -0.15) is 0 Å². The molecular weight excluding hydrogens is 280 g/mol. The predicted octanol–water partition coefficient (Wildman–Crippen LogP) is 1.08. The number of amides is 2. The molecule has 0 aliphatic carbocycles. The Morgan fingerprint density at radius 2 is 2.05 bits per heavy atom. The molecule has 2 amide bonds. The van der Waals surface area contributed by atoms with Crippen LogP contribution >= 0.6 is 11.8 Å². The second-order valence-corrected chi connectivity index (χ2v) is 6.08. The number of hydrogen-bond donors (Lipinski definition) is 3. The number of nitrogens with one attached hydrogen (secondary N) is 2. The molecule has 1 aliphatic rings. The van der Waals surface area contributed by atoms with Crippen molar-refractivity contribution in [1.29, 1.82) is 0 Å². The zero-order chi connectivity index (χ0) is 14.9. The molecule has 20 heavy (non-hydrogen) atoms. The number of para-hydroxylation sites is 1. The molecule has 0 bridgehead atoms. The van der Waals surface area contributed by atoms with E-state index in [0.29, 0.717) is 5.69 Å². The number of carbonyl (C=O) groups excluding carboxylic acids is 2. The summed E-state index contributed by atoms with van der Waals surface area (Å²) in [5.41, 5.74) is 0.652. The number of benzene rings is 1. The quantitative estimate of drug-likeness (QED) is 0.725. The van der Waals surface area contributed by atoms with Gasteiger partial charge in [0.25, 0.3) is 0 Å². The Hall–Kier alpha value is -2.02. The molecule has 0 radical (unpaired) electrons. The first kappa shape index (κ1) is 14.4. The van der Waals surface area contributed by atoms with Gasteiger partial charge in [0.05, 0.1) is 5.69 Å². The molecule has 1 heterocycles. The Morgan fingerprint density at radius 1 is 1.40 bits per heavy atom. The zero-order valence-electron chi connectivity index (χ0n) is 11.0. The SMILES string of the molecule is CC(NC(=O)C1(C)Sc2ccccc2NC1=O)C(=O)O. The second kappa shape index (κ2) is 5.16. The molecule has 0 aromatic heterocycles. The first-order valence-corrected chi connectivity index (χ1v) is 6.79. The summed E-state index contributed by atoms with van der Waals surface area (Å²) in [5.74, 6) is -2.23. The molecule has 6 nitrogen and oxygen atoms in total. The molecule has 2 unspecified atom stereocenters. The number of fused-ring (bicyclic) bond motifs is 1. The number of aliphatic carboxylic acids is 1. The Morgan fingerprint density at radius 3 is 2.70 bits per heavy atom. The maximum absolute atomic E-state index is 12.2. The highest BCUT2D eigenvalue weighted by Gasteiger charge is 2.46. The van der Waals surface area contributed by atoms with Gasteiger partial charge < -0.3 is 15.7 Å².